The maximum Gasteiger partial charge on any atom is 0.165 e. The van der Waals surface area contributed by atoms with Crippen molar-refractivity contribution >= 4 is 16.6 Å². The van der Waals surface area contributed by atoms with E-state index in [9.17, 15) is 0 Å². The van der Waals surface area contributed by atoms with Crippen LogP contribution in [0.5, 0.6) is 5.75 Å². The highest BCUT2D eigenvalue weighted by atomic mass is 16.5. The molecule has 0 saturated carbocycles. The molecule has 6 heteroatoms. The third-order valence-corrected chi connectivity index (χ3v) is 3.25. The predicted molar refractivity (Wildman–Crippen MR) is 80.9 cm³/mol. The van der Waals surface area contributed by atoms with Gasteiger partial charge in [0, 0.05) is 17.6 Å². The largest absolute Gasteiger partial charge is 0.485 e. The molecule has 0 aliphatic rings. The van der Waals surface area contributed by atoms with Gasteiger partial charge in [-0.1, -0.05) is 0 Å². The van der Waals surface area contributed by atoms with Crippen molar-refractivity contribution in [3.8, 4) is 5.75 Å². The van der Waals surface area contributed by atoms with Gasteiger partial charge >= 0.3 is 0 Å². The zero-order valence-corrected chi connectivity index (χ0v) is 12.0. The van der Waals surface area contributed by atoms with Gasteiger partial charge in [0.2, 0.25) is 0 Å². The number of aromatic nitrogens is 4. The summed E-state index contributed by atoms with van der Waals surface area (Å²) in [5.41, 5.74) is 7.33. The third kappa shape index (κ3) is 2.52. The number of rotatable bonds is 4. The maximum absolute atomic E-state index is 5.94. The first-order valence-electron chi connectivity index (χ1n) is 6.81. The van der Waals surface area contributed by atoms with E-state index in [4.69, 9.17) is 10.5 Å². The molecule has 0 unspecified atom stereocenters. The highest BCUT2D eigenvalue weighted by Gasteiger charge is 2.10. The van der Waals surface area contributed by atoms with Crippen molar-refractivity contribution in [3.05, 3.63) is 42.6 Å². The van der Waals surface area contributed by atoms with Gasteiger partial charge < -0.3 is 10.5 Å². The van der Waals surface area contributed by atoms with Crippen molar-refractivity contribution in [2.45, 2.75) is 26.5 Å². The number of nitrogens with zero attached hydrogens (tertiary/aromatic N) is 4. The molecule has 6 nitrogen and oxygen atoms in total. The third-order valence-electron chi connectivity index (χ3n) is 3.25. The Balaban J connectivity index is 1.89. The summed E-state index contributed by atoms with van der Waals surface area (Å²) in [6.07, 6.45) is 3.26. The number of fused-ring (bicyclic) bond motifs is 1. The zero-order chi connectivity index (χ0) is 14.8. The summed E-state index contributed by atoms with van der Waals surface area (Å²) >= 11 is 0. The van der Waals surface area contributed by atoms with Gasteiger partial charge in [-0.15, -0.1) is 0 Å². The lowest BCUT2D eigenvalue weighted by Gasteiger charge is -2.12. The van der Waals surface area contributed by atoms with Crippen LogP contribution >= 0.6 is 0 Å². The Hall–Kier alpha value is -2.63. The van der Waals surface area contributed by atoms with Crippen LogP contribution in [0.2, 0.25) is 0 Å². The van der Waals surface area contributed by atoms with Gasteiger partial charge in [-0.25, -0.2) is 9.67 Å². The summed E-state index contributed by atoms with van der Waals surface area (Å²) in [6.45, 7) is 4.47. The van der Waals surface area contributed by atoms with E-state index >= 15 is 0 Å². The lowest BCUT2D eigenvalue weighted by molar-refractivity contribution is 0.285. The van der Waals surface area contributed by atoms with Crippen LogP contribution in [-0.4, -0.2) is 19.7 Å². The number of hydrogen-bond acceptors (Lipinski definition) is 5. The molecule has 0 fully saturated rings. The molecule has 2 aromatic heterocycles. The molecule has 0 aliphatic carbocycles. The Kier molecular flexibility index (Phi) is 3.43. The van der Waals surface area contributed by atoms with E-state index in [2.05, 4.69) is 28.9 Å². The van der Waals surface area contributed by atoms with Crippen LogP contribution in [-0.2, 0) is 6.61 Å². The van der Waals surface area contributed by atoms with Crippen molar-refractivity contribution in [2.75, 3.05) is 5.73 Å². The quantitative estimate of drug-likeness (QED) is 0.744. The second-order valence-electron chi connectivity index (χ2n) is 5.06. The van der Waals surface area contributed by atoms with E-state index in [0.29, 0.717) is 12.3 Å². The summed E-state index contributed by atoms with van der Waals surface area (Å²) in [5, 5.41) is 5.09. The molecule has 3 rings (SSSR count). The molecule has 0 atom stereocenters. The number of benzene rings is 1. The number of anilines is 1. The first-order chi connectivity index (χ1) is 10.2. The maximum atomic E-state index is 5.94. The van der Waals surface area contributed by atoms with Gasteiger partial charge in [-0.3, -0.25) is 4.98 Å². The average molecular weight is 283 g/mol. The second-order valence-corrected chi connectivity index (χ2v) is 5.06. The number of nitrogen functional groups attached to an aromatic ring is 1. The van der Waals surface area contributed by atoms with Crippen molar-refractivity contribution in [1.29, 1.82) is 0 Å². The molecule has 2 heterocycles. The molecular formula is C15H17N5O. The smallest absolute Gasteiger partial charge is 0.165 e. The van der Waals surface area contributed by atoms with Gasteiger partial charge in [-0.05, 0) is 38.1 Å². The van der Waals surface area contributed by atoms with Gasteiger partial charge in [0.05, 0.1) is 11.2 Å². The van der Waals surface area contributed by atoms with Gasteiger partial charge in [-0.2, -0.15) is 5.10 Å². The van der Waals surface area contributed by atoms with Crippen LogP contribution in [0.25, 0.3) is 10.9 Å². The van der Waals surface area contributed by atoms with Crippen LogP contribution in [0.15, 0.2) is 36.8 Å². The molecular weight excluding hydrogens is 266 g/mol. The highest BCUT2D eigenvalue weighted by Crippen LogP contribution is 2.28. The zero-order valence-electron chi connectivity index (χ0n) is 12.0. The Bertz CT molecular complexity index is 766. The molecule has 0 spiro atoms. The van der Waals surface area contributed by atoms with E-state index < -0.39 is 0 Å². The molecule has 2 N–H and O–H groups in total. The lowest BCUT2D eigenvalue weighted by atomic mass is 10.2. The molecule has 0 radical (unpaired) electrons. The summed E-state index contributed by atoms with van der Waals surface area (Å²) in [4.78, 5) is 8.53. The summed E-state index contributed by atoms with van der Waals surface area (Å²) in [7, 11) is 0. The summed E-state index contributed by atoms with van der Waals surface area (Å²) in [5.74, 6) is 1.53. The molecule has 21 heavy (non-hydrogen) atoms. The highest BCUT2D eigenvalue weighted by molar-refractivity contribution is 5.93. The SMILES string of the molecule is CC(C)n1ncnc1COc1ccc(N)c2ncccc12. The molecule has 0 saturated heterocycles. The minimum atomic E-state index is 0.246. The minimum Gasteiger partial charge on any atom is -0.485 e. The van der Waals surface area contributed by atoms with E-state index in [0.717, 1.165) is 22.5 Å². The fourth-order valence-electron chi connectivity index (χ4n) is 2.25. The monoisotopic (exact) mass is 283 g/mol. The Morgan fingerprint density at radius 3 is 2.90 bits per heavy atom. The molecule has 0 aliphatic heterocycles. The fourth-order valence-corrected chi connectivity index (χ4v) is 2.25. The average Bonchev–Trinajstić information content (AvgIpc) is 2.96. The topological polar surface area (TPSA) is 78.8 Å². The molecule has 1 aromatic carbocycles. The van der Waals surface area contributed by atoms with Crippen LogP contribution in [0.4, 0.5) is 5.69 Å². The second kappa shape index (κ2) is 5.40. The summed E-state index contributed by atoms with van der Waals surface area (Å²) < 4.78 is 7.74. The predicted octanol–water partition coefficient (Wildman–Crippen LogP) is 2.57. The van der Waals surface area contributed by atoms with Crippen molar-refractivity contribution in [2.24, 2.45) is 0 Å². The normalized spacial score (nSPS) is 11.2. The first-order valence-corrected chi connectivity index (χ1v) is 6.81. The van der Waals surface area contributed by atoms with Crippen molar-refractivity contribution < 1.29 is 4.74 Å². The van der Waals surface area contributed by atoms with E-state index in [1.165, 1.54) is 0 Å². The Labute approximate surface area is 122 Å². The van der Waals surface area contributed by atoms with Crippen LogP contribution in [0, 0.1) is 0 Å². The first kappa shape index (κ1) is 13.4. The molecule has 0 amide bonds. The standard InChI is InChI=1S/C15H17N5O/c1-10(2)20-14(18-9-19-20)8-21-13-6-5-12(16)15-11(13)4-3-7-17-15/h3-7,9-10H,8,16H2,1-2H3. The number of ether oxygens (including phenoxy) is 1. The Morgan fingerprint density at radius 1 is 1.24 bits per heavy atom. The molecule has 108 valence electrons. The van der Waals surface area contributed by atoms with Crippen LogP contribution in [0.1, 0.15) is 25.7 Å². The van der Waals surface area contributed by atoms with E-state index in [1.54, 1.807) is 18.6 Å². The van der Waals surface area contributed by atoms with Crippen molar-refractivity contribution in [3.63, 3.8) is 0 Å². The van der Waals surface area contributed by atoms with Gasteiger partial charge in [0.1, 0.15) is 18.7 Å². The van der Waals surface area contributed by atoms with E-state index in [1.807, 2.05) is 22.9 Å². The fraction of sp³-hybridized carbons (Fsp3) is 0.267. The minimum absolute atomic E-state index is 0.246. The Morgan fingerprint density at radius 2 is 2.10 bits per heavy atom. The van der Waals surface area contributed by atoms with Crippen LogP contribution in [0.3, 0.4) is 0 Å². The summed E-state index contributed by atoms with van der Waals surface area (Å²) in [6, 6.07) is 7.72. The van der Waals surface area contributed by atoms with Crippen molar-refractivity contribution in [1.82, 2.24) is 19.7 Å². The van der Waals surface area contributed by atoms with Gasteiger partial charge in [0.15, 0.2) is 5.82 Å². The molecule has 0 bridgehead atoms. The molecule has 3 aromatic rings. The lowest BCUT2D eigenvalue weighted by Crippen LogP contribution is -2.10. The number of nitrogens with two attached hydrogens (primary N) is 1. The van der Waals surface area contributed by atoms with Crippen LogP contribution < -0.4 is 10.5 Å². The number of pyridine rings is 1. The number of hydrogen-bond donors (Lipinski definition) is 1. The van der Waals surface area contributed by atoms with Gasteiger partial charge in [0.25, 0.3) is 0 Å². The van der Waals surface area contributed by atoms with E-state index in [-0.39, 0.29) is 6.04 Å².